The molecule has 0 aromatic carbocycles. The molecule has 3 aliphatic heterocycles. The summed E-state index contributed by atoms with van der Waals surface area (Å²) in [5, 5.41) is 5.69. The largest absolute Gasteiger partial charge is 0.341 e. The number of hydrogen-bond donors (Lipinski definition) is 1. The maximum Gasteiger partial charge on any atom is 0.223 e. The van der Waals surface area contributed by atoms with E-state index in [2.05, 4.69) is 16.8 Å². The van der Waals surface area contributed by atoms with Crippen molar-refractivity contribution in [2.45, 2.75) is 57.2 Å². The van der Waals surface area contributed by atoms with Crippen LogP contribution in [0.25, 0.3) is 0 Å². The van der Waals surface area contributed by atoms with E-state index in [9.17, 15) is 9.59 Å². The third-order valence-electron chi connectivity index (χ3n) is 5.59. The highest BCUT2D eigenvalue weighted by atomic mass is 32.1. The zero-order valence-corrected chi connectivity index (χ0v) is 14.8. The van der Waals surface area contributed by atoms with E-state index in [-0.39, 0.29) is 11.8 Å². The van der Waals surface area contributed by atoms with Crippen molar-refractivity contribution >= 4 is 23.2 Å². The first-order chi connectivity index (χ1) is 11.7. The van der Waals surface area contributed by atoms with Gasteiger partial charge < -0.3 is 15.1 Å². The molecule has 2 amide bonds. The van der Waals surface area contributed by atoms with E-state index in [1.807, 2.05) is 9.80 Å². The van der Waals surface area contributed by atoms with Gasteiger partial charge in [0.1, 0.15) is 0 Å². The highest BCUT2D eigenvalue weighted by Gasteiger charge is 2.31. The minimum atomic E-state index is 0.120. The quantitative estimate of drug-likeness (QED) is 0.907. The molecule has 2 atom stereocenters. The number of amides is 2. The number of fused-ring (bicyclic) bond motifs is 3. The molecular weight excluding hydrogens is 322 g/mol. The molecule has 0 saturated carbocycles. The van der Waals surface area contributed by atoms with Gasteiger partial charge in [-0.05, 0) is 42.7 Å². The third kappa shape index (κ3) is 3.35. The summed E-state index contributed by atoms with van der Waals surface area (Å²) in [7, 11) is 0. The van der Waals surface area contributed by atoms with E-state index in [4.69, 9.17) is 0 Å². The fourth-order valence-electron chi connectivity index (χ4n) is 4.16. The molecular formula is C18H25N3O2S. The molecule has 130 valence electrons. The van der Waals surface area contributed by atoms with Gasteiger partial charge in [0, 0.05) is 56.0 Å². The van der Waals surface area contributed by atoms with Crippen LogP contribution in [0.5, 0.6) is 0 Å². The second-order valence-electron chi connectivity index (χ2n) is 7.20. The predicted octanol–water partition coefficient (Wildman–Crippen LogP) is 1.77. The van der Waals surface area contributed by atoms with Crippen LogP contribution in [0.15, 0.2) is 11.4 Å². The van der Waals surface area contributed by atoms with E-state index in [0.717, 1.165) is 32.5 Å². The normalized spacial score (nSPS) is 26.2. The lowest BCUT2D eigenvalue weighted by atomic mass is 10.1. The molecule has 24 heavy (non-hydrogen) atoms. The maximum atomic E-state index is 12.5. The van der Waals surface area contributed by atoms with Gasteiger partial charge >= 0.3 is 0 Å². The number of nitrogens with one attached hydrogen (secondary N) is 1. The van der Waals surface area contributed by atoms with Gasteiger partial charge in [-0.1, -0.05) is 0 Å². The summed E-state index contributed by atoms with van der Waals surface area (Å²) in [5.74, 6) is 0.264. The number of carbonyl (C=O) groups excluding carboxylic acids is 2. The van der Waals surface area contributed by atoms with Gasteiger partial charge in [-0.2, -0.15) is 0 Å². The van der Waals surface area contributed by atoms with E-state index in [0.29, 0.717) is 31.5 Å². The molecule has 2 fully saturated rings. The molecule has 6 heteroatoms. The number of thiophene rings is 1. The Kier molecular flexibility index (Phi) is 4.59. The van der Waals surface area contributed by atoms with Crippen molar-refractivity contribution < 1.29 is 9.59 Å². The van der Waals surface area contributed by atoms with E-state index in [1.165, 1.54) is 23.3 Å². The number of likely N-dealkylation sites (tertiary alicyclic amines) is 1. The lowest BCUT2D eigenvalue weighted by Gasteiger charge is -2.28. The van der Waals surface area contributed by atoms with Gasteiger partial charge in [-0.25, -0.2) is 0 Å². The SMILES string of the molecule is O=C(CCC(=O)N1CCC2CCC(C1)N2)N1CCc2sccc2C1. The molecule has 1 aromatic rings. The first-order valence-electron chi connectivity index (χ1n) is 9.06. The summed E-state index contributed by atoms with van der Waals surface area (Å²) in [6.07, 6.45) is 5.10. The molecule has 0 spiro atoms. The van der Waals surface area contributed by atoms with Crippen LogP contribution in [-0.4, -0.2) is 53.3 Å². The topological polar surface area (TPSA) is 52.7 Å². The van der Waals surface area contributed by atoms with E-state index < -0.39 is 0 Å². The van der Waals surface area contributed by atoms with Crippen molar-refractivity contribution in [1.29, 1.82) is 0 Å². The fourth-order valence-corrected chi connectivity index (χ4v) is 5.05. The van der Waals surface area contributed by atoms with Crippen LogP contribution in [0.4, 0.5) is 0 Å². The Morgan fingerprint density at radius 2 is 1.88 bits per heavy atom. The number of hydrogen-bond acceptors (Lipinski definition) is 4. The molecule has 1 aromatic heterocycles. The highest BCUT2D eigenvalue weighted by molar-refractivity contribution is 7.10. The van der Waals surface area contributed by atoms with Gasteiger partial charge in [0.2, 0.25) is 11.8 Å². The highest BCUT2D eigenvalue weighted by Crippen LogP contribution is 2.25. The van der Waals surface area contributed by atoms with Crippen molar-refractivity contribution in [3.05, 3.63) is 21.9 Å². The summed E-state index contributed by atoms with van der Waals surface area (Å²) in [6.45, 7) is 3.15. The molecule has 3 aliphatic rings. The molecule has 2 bridgehead atoms. The van der Waals surface area contributed by atoms with E-state index in [1.54, 1.807) is 11.3 Å². The molecule has 2 unspecified atom stereocenters. The Hall–Kier alpha value is -1.40. The number of rotatable bonds is 3. The summed E-state index contributed by atoms with van der Waals surface area (Å²) in [4.78, 5) is 30.2. The summed E-state index contributed by atoms with van der Waals surface area (Å²) in [6, 6.07) is 3.16. The lowest BCUT2D eigenvalue weighted by Crippen LogP contribution is -2.40. The second kappa shape index (κ2) is 6.84. The molecule has 4 heterocycles. The third-order valence-corrected chi connectivity index (χ3v) is 6.61. The second-order valence-corrected chi connectivity index (χ2v) is 8.20. The monoisotopic (exact) mass is 347 g/mol. The number of nitrogens with zero attached hydrogens (tertiary/aromatic N) is 2. The first kappa shape index (κ1) is 16.1. The molecule has 1 N–H and O–H groups in total. The fraction of sp³-hybridized carbons (Fsp3) is 0.667. The smallest absolute Gasteiger partial charge is 0.223 e. The van der Waals surface area contributed by atoms with Crippen LogP contribution in [-0.2, 0) is 22.6 Å². The Morgan fingerprint density at radius 1 is 1.08 bits per heavy atom. The van der Waals surface area contributed by atoms with E-state index >= 15 is 0 Å². The number of carbonyl (C=O) groups is 2. The summed E-state index contributed by atoms with van der Waals surface area (Å²) in [5.41, 5.74) is 1.28. The van der Waals surface area contributed by atoms with Crippen LogP contribution < -0.4 is 5.32 Å². The van der Waals surface area contributed by atoms with Crippen molar-refractivity contribution in [3.8, 4) is 0 Å². The molecule has 4 rings (SSSR count). The molecule has 0 radical (unpaired) electrons. The maximum absolute atomic E-state index is 12.5. The molecule has 0 aliphatic carbocycles. The minimum absolute atomic E-state index is 0.120. The van der Waals surface area contributed by atoms with Crippen molar-refractivity contribution in [2.24, 2.45) is 0 Å². The zero-order valence-electron chi connectivity index (χ0n) is 14.0. The average Bonchev–Trinajstić information content (AvgIpc) is 3.17. The Morgan fingerprint density at radius 3 is 2.75 bits per heavy atom. The van der Waals surface area contributed by atoms with Crippen LogP contribution in [0.1, 0.15) is 42.5 Å². The summed E-state index contributed by atoms with van der Waals surface area (Å²) < 4.78 is 0. The van der Waals surface area contributed by atoms with Crippen LogP contribution in [0, 0.1) is 0 Å². The Labute approximate surface area is 147 Å². The van der Waals surface area contributed by atoms with Crippen LogP contribution in [0.2, 0.25) is 0 Å². The van der Waals surface area contributed by atoms with Crippen molar-refractivity contribution in [2.75, 3.05) is 19.6 Å². The first-order valence-corrected chi connectivity index (χ1v) is 9.94. The lowest BCUT2D eigenvalue weighted by molar-refractivity contribution is -0.137. The van der Waals surface area contributed by atoms with Gasteiger partial charge in [0.15, 0.2) is 0 Å². The predicted molar refractivity (Wildman–Crippen MR) is 93.8 cm³/mol. The molecule has 5 nitrogen and oxygen atoms in total. The standard InChI is InChI=1S/C18H25N3O2S/c22-17(20-9-6-16-13(11-20)7-10-24-16)3-4-18(23)21-8-5-14-1-2-15(12-21)19-14/h7,10,14-15,19H,1-6,8-9,11-12H2. The van der Waals surface area contributed by atoms with Crippen molar-refractivity contribution in [3.63, 3.8) is 0 Å². The van der Waals surface area contributed by atoms with Gasteiger partial charge in [-0.3, -0.25) is 9.59 Å². The zero-order chi connectivity index (χ0) is 16.5. The van der Waals surface area contributed by atoms with Gasteiger partial charge in [0.05, 0.1) is 0 Å². The minimum Gasteiger partial charge on any atom is -0.341 e. The van der Waals surface area contributed by atoms with Crippen LogP contribution >= 0.6 is 11.3 Å². The summed E-state index contributed by atoms with van der Waals surface area (Å²) >= 11 is 1.78. The van der Waals surface area contributed by atoms with Crippen LogP contribution in [0.3, 0.4) is 0 Å². The average molecular weight is 347 g/mol. The Balaban J connectivity index is 1.27. The van der Waals surface area contributed by atoms with Gasteiger partial charge in [-0.15, -0.1) is 11.3 Å². The molecule has 2 saturated heterocycles. The Bertz CT molecular complexity index is 630. The van der Waals surface area contributed by atoms with Crippen molar-refractivity contribution in [1.82, 2.24) is 15.1 Å². The van der Waals surface area contributed by atoms with Gasteiger partial charge in [0.25, 0.3) is 0 Å².